The van der Waals surface area contributed by atoms with Crippen LogP contribution in [0.15, 0.2) is 48.4 Å². The van der Waals surface area contributed by atoms with Crippen LogP contribution in [0.25, 0.3) is 0 Å². The highest BCUT2D eigenvalue weighted by Gasteiger charge is 1.91. The summed E-state index contributed by atoms with van der Waals surface area (Å²) in [4.78, 5) is 0. The molecule has 0 aliphatic heterocycles. The third-order valence-electron chi connectivity index (χ3n) is 1.60. The molecule has 0 atom stereocenters. The van der Waals surface area contributed by atoms with Crippen LogP contribution in [0.1, 0.15) is 20.8 Å². The lowest BCUT2D eigenvalue weighted by Gasteiger charge is -2.08. The highest BCUT2D eigenvalue weighted by Crippen LogP contribution is 2.01. The van der Waals surface area contributed by atoms with Gasteiger partial charge in [0.05, 0.1) is 0 Å². The molecule has 66 valence electrons. The maximum Gasteiger partial charge on any atom is 0.0375 e. The second-order valence-corrected chi connectivity index (χ2v) is 2.81. The van der Waals surface area contributed by atoms with E-state index in [4.69, 9.17) is 0 Å². The van der Waals surface area contributed by atoms with E-state index in [1.807, 2.05) is 13.0 Å². The van der Waals surface area contributed by atoms with Gasteiger partial charge < -0.3 is 5.32 Å². The highest BCUT2D eigenvalue weighted by molar-refractivity contribution is 5.24. The molecule has 0 aromatic rings. The molecule has 0 aliphatic rings. The van der Waals surface area contributed by atoms with E-state index in [1.165, 1.54) is 5.57 Å². The standard InChI is InChI=1S/C11H17N/c1-6-8-11(7-2)12-10(5)9(3)4/h6-8,12H,1-2H2,3-5H3/b11-8+. The molecule has 0 unspecified atom stereocenters. The van der Waals surface area contributed by atoms with Crippen LogP contribution < -0.4 is 5.32 Å². The van der Waals surface area contributed by atoms with Crippen molar-refractivity contribution in [3.05, 3.63) is 48.4 Å². The van der Waals surface area contributed by atoms with E-state index in [2.05, 4.69) is 32.3 Å². The molecule has 0 fully saturated rings. The topological polar surface area (TPSA) is 12.0 Å². The van der Waals surface area contributed by atoms with Gasteiger partial charge in [0.25, 0.3) is 0 Å². The molecular weight excluding hydrogens is 146 g/mol. The smallest absolute Gasteiger partial charge is 0.0375 e. The fraction of sp³-hybridized carbons (Fsp3) is 0.273. The van der Waals surface area contributed by atoms with Crippen molar-refractivity contribution in [2.75, 3.05) is 0 Å². The van der Waals surface area contributed by atoms with Gasteiger partial charge in [-0.05, 0) is 32.9 Å². The summed E-state index contributed by atoms with van der Waals surface area (Å²) in [6, 6.07) is 0. The SMILES string of the molecule is C=C/C=C(\C=C)NC(C)=C(C)C. The fourth-order valence-corrected chi connectivity index (χ4v) is 0.629. The molecule has 1 heteroatoms. The summed E-state index contributed by atoms with van der Waals surface area (Å²) in [6.45, 7) is 13.5. The molecule has 12 heavy (non-hydrogen) atoms. The molecule has 0 aliphatic carbocycles. The Labute approximate surface area is 75.2 Å². The van der Waals surface area contributed by atoms with Crippen LogP contribution in [0.5, 0.6) is 0 Å². The Kier molecular flexibility index (Phi) is 4.86. The second-order valence-electron chi connectivity index (χ2n) is 2.81. The van der Waals surface area contributed by atoms with Gasteiger partial charge in [0.2, 0.25) is 0 Å². The summed E-state index contributed by atoms with van der Waals surface area (Å²) in [6.07, 6.45) is 5.40. The molecule has 0 aromatic heterocycles. The average molecular weight is 163 g/mol. The monoisotopic (exact) mass is 163 g/mol. The third-order valence-corrected chi connectivity index (χ3v) is 1.60. The molecule has 1 nitrogen and oxygen atoms in total. The molecular formula is C11H17N. The Hall–Kier alpha value is -1.24. The molecule has 0 rings (SSSR count). The van der Waals surface area contributed by atoms with Gasteiger partial charge in [0.1, 0.15) is 0 Å². The minimum Gasteiger partial charge on any atom is -0.359 e. The Morgan fingerprint density at radius 1 is 1.17 bits per heavy atom. The first kappa shape index (κ1) is 10.8. The van der Waals surface area contributed by atoms with Crippen LogP contribution in [0.4, 0.5) is 0 Å². The van der Waals surface area contributed by atoms with Gasteiger partial charge in [0.15, 0.2) is 0 Å². The Balaban J connectivity index is 4.42. The Bertz CT molecular complexity index is 227. The zero-order chi connectivity index (χ0) is 9.56. The molecule has 0 saturated carbocycles. The van der Waals surface area contributed by atoms with Crippen molar-refractivity contribution in [3.8, 4) is 0 Å². The minimum atomic E-state index is 0.976. The van der Waals surface area contributed by atoms with Crippen molar-refractivity contribution < 1.29 is 0 Å². The predicted molar refractivity (Wildman–Crippen MR) is 55.7 cm³/mol. The fourth-order valence-electron chi connectivity index (χ4n) is 0.629. The van der Waals surface area contributed by atoms with Crippen molar-refractivity contribution >= 4 is 0 Å². The van der Waals surface area contributed by atoms with E-state index in [9.17, 15) is 0 Å². The third kappa shape index (κ3) is 3.81. The molecule has 0 bridgehead atoms. The molecule has 0 radical (unpaired) electrons. The average Bonchev–Trinajstić information content (AvgIpc) is 2.03. The summed E-state index contributed by atoms with van der Waals surface area (Å²) in [5.41, 5.74) is 3.40. The number of rotatable bonds is 4. The van der Waals surface area contributed by atoms with Gasteiger partial charge in [-0.2, -0.15) is 0 Å². The van der Waals surface area contributed by atoms with Gasteiger partial charge in [-0.25, -0.2) is 0 Å². The molecule has 0 saturated heterocycles. The number of hydrogen-bond acceptors (Lipinski definition) is 1. The van der Waals surface area contributed by atoms with Crippen molar-refractivity contribution in [1.82, 2.24) is 5.32 Å². The van der Waals surface area contributed by atoms with E-state index in [0.29, 0.717) is 0 Å². The molecule has 0 aromatic carbocycles. The molecule has 0 spiro atoms. The maximum atomic E-state index is 3.69. The van der Waals surface area contributed by atoms with Crippen molar-refractivity contribution in [2.45, 2.75) is 20.8 Å². The Morgan fingerprint density at radius 2 is 1.75 bits per heavy atom. The first-order valence-corrected chi connectivity index (χ1v) is 3.98. The summed E-state index contributed by atoms with van der Waals surface area (Å²) in [5.74, 6) is 0. The van der Waals surface area contributed by atoms with Gasteiger partial charge in [-0.3, -0.25) is 0 Å². The van der Waals surface area contributed by atoms with Crippen LogP contribution >= 0.6 is 0 Å². The first-order chi connectivity index (χ1) is 5.61. The summed E-state index contributed by atoms with van der Waals surface area (Å²) < 4.78 is 0. The van der Waals surface area contributed by atoms with Crippen LogP contribution in [0.3, 0.4) is 0 Å². The van der Waals surface area contributed by atoms with Crippen LogP contribution in [-0.4, -0.2) is 0 Å². The van der Waals surface area contributed by atoms with Crippen LogP contribution in [-0.2, 0) is 0 Å². The quantitative estimate of drug-likeness (QED) is 0.628. The Morgan fingerprint density at radius 3 is 2.08 bits per heavy atom. The van der Waals surface area contributed by atoms with Gasteiger partial charge in [-0.15, -0.1) is 0 Å². The van der Waals surface area contributed by atoms with Crippen molar-refractivity contribution in [3.63, 3.8) is 0 Å². The molecule has 0 heterocycles. The van der Waals surface area contributed by atoms with Gasteiger partial charge in [0, 0.05) is 11.4 Å². The predicted octanol–water partition coefficient (Wildman–Crippen LogP) is 3.15. The zero-order valence-corrected chi connectivity index (χ0v) is 8.15. The lowest BCUT2D eigenvalue weighted by Crippen LogP contribution is -2.09. The summed E-state index contributed by atoms with van der Waals surface area (Å²) in [7, 11) is 0. The van der Waals surface area contributed by atoms with Crippen LogP contribution in [0.2, 0.25) is 0 Å². The minimum absolute atomic E-state index is 0.976. The van der Waals surface area contributed by atoms with E-state index >= 15 is 0 Å². The highest BCUT2D eigenvalue weighted by atomic mass is 14.9. The summed E-state index contributed by atoms with van der Waals surface area (Å²) in [5, 5.41) is 3.22. The lowest BCUT2D eigenvalue weighted by atomic mass is 10.2. The zero-order valence-electron chi connectivity index (χ0n) is 8.15. The van der Waals surface area contributed by atoms with E-state index in [0.717, 1.165) is 11.4 Å². The normalized spacial score (nSPS) is 10.4. The maximum absolute atomic E-state index is 3.69. The van der Waals surface area contributed by atoms with E-state index in [-0.39, 0.29) is 0 Å². The van der Waals surface area contributed by atoms with Crippen LogP contribution in [0, 0.1) is 0 Å². The van der Waals surface area contributed by atoms with Crippen molar-refractivity contribution in [1.29, 1.82) is 0 Å². The van der Waals surface area contributed by atoms with Gasteiger partial charge in [-0.1, -0.05) is 24.8 Å². The largest absolute Gasteiger partial charge is 0.359 e. The molecule has 0 amide bonds. The number of hydrogen-bond donors (Lipinski definition) is 1. The van der Waals surface area contributed by atoms with E-state index in [1.54, 1.807) is 12.2 Å². The second kappa shape index (κ2) is 5.42. The van der Waals surface area contributed by atoms with E-state index < -0.39 is 0 Å². The molecule has 1 N–H and O–H groups in total. The number of allylic oxidation sites excluding steroid dienone is 5. The summed E-state index contributed by atoms with van der Waals surface area (Å²) >= 11 is 0. The van der Waals surface area contributed by atoms with Crippen molar-refractivity contribution in [2.24, 2.45) is 0 Å². The number of nitrogens with one attached hydrogen (secondary N) is 1. The lowest BCUT2D eigenvalue weighted by molar-refractivity contribution is 0.970. The first-order valence-electron chi connectivity index (χ1n) is 3.98. The van der Waals surface area contributed by atoms with Gasteiger partial charge >= 0.3 is 0 Å².